The fourth-order valence-electron chi connectivity index (χ4n) is 3.48. The van der Waals surface area contributed by atoms with Gasteiger partial charge < -0.3 is 18.9 Å². The first-order chi connectivity index (χ1) is 10.4. The van der Waals surface area contributed by atoms with Crippen molar-refractivity contribution in [3.05, 3.63) is 30.2 Å². The molecule has 0 radical (unpaired) electrons. The zero-order valence-electron chi connectivity index (χ0n) is 12.1. The molecule has 1 N–H and O–H groups in total. The minimum absolute atomic E-state index is 0.651. The fraction of sp³-hybridized carbons (Fsp3) is 0.412. The van der Waals surface area contributed by atoms with E-state index in [0.29, 0.717) is 5.92 Å². The van der Waals surface area contributed by atoms with Crippen molar-refractivity contribution < 1.29 is 13.6 Å². The molecule has 4 rings (SSSR count). The summed E-state index contributed by atoms with van der Waals surface area (Å²) in [7, 11) is 1.68. The highest BCUT2D eigenvalue weighted by molar-refractivity contribution is 6.04. The van der Waals surface area contributed by atoms with E-state index in [1.807, 2.05) is 12.1 Å². The fourth-order valence-corrected chi connectivity index (χ4v) is 3.48. The van der Waals surface area contributed by atoms with Gasteiger partial charge >= 0.3 is 0 Å². The molecule has 2 aromatic heterocycles. The Morgan fingerprint density at radius 1 is 1.19 bits per heavy atom. The number of rotatable bonds is 3. The van der Waals surface area contributed by atoms with Gasteiger partial charge in [0.25, 0.3) is 0 Å². The first-order valence-corrected chi connectivity index (χ1v) is 7.52. The maximum Gasteiger partial charge on any atom is 0.176 e. The van der Waals surface area contributed by atoms with E-state index in [1.165, 1.54) is 18.4 Å². The van der Waals surface area contributed by atoms with Crippen LogP contribution in [0.3, 0.4) is 0 Å². The van der Waals surface area contributed by atoms with Crippen molar-refractivity contribution in [3.63, 3.8) is 0 Å². The molecule has 1 unspecified atom stereocenters. The van der Waals surface area contributed by atoms with Gasteiger partial charge in [0.1, 0.15) is 5.58 Å². The summed E-state index contributed by atoms with van der Waals surface area (Å²) in [5, 5.41) is 5.59. The summed E-state index contributed by atoms with van der Waals surface area (Å²) < 4.78 is 17.0. The van der Waals surface area contributed by atoms with Gasteiger partial charge in [-0.2, -0.15) is 0 Å². The zero-order chi connectivity index (χ0) is 14.2. The molecule has 4 nitrogen and oxygen atoms in total. The Morgan fingerprint density at radius 3 is 2.76 bits per heavy atom. The van der Waals surface area contributed by atoms with Crippen LogP contribution in [0.25, 0.3) is 21.9 Å². The Labute approximate surface area is 123 Å². The van der Waals surface area contributed by atoms with Crippen molar-refractivity contribution in [3.8, 4) is 5.75 Å². The molecular formula is C17H19NO3. The molecule has 0 aliphatic carbocycles. The molecule has 4 heteroatoms. The first-order valence-electron chi connectivity index (χ1n) is 7.52. The van der Waals surface area contributed by atoms with Crippen molar-refractivity contribution in [1.82, 2.24) is 5.32 Å². The summed E-state index contributed by atoms with van der Waals surface area (Å²) in [5.74, 6) is 1.42. The normalized spacial score (nSPS) is 19.4. The molecule has 1 aliphatic rings. The molecule has 110 valence electrons. The summed E-state index contributed by atoms with van der Waals surface area (Å²) in [4.78, 5) is 0. The summed E-state index contributed by atoms with van der Waals surface area (Å²) in [5.41, 5.74) is 3.00. The van der Waals surface area contributed by atoms with Crippen LogP contribution < -0.4 is 10.1 Å². The zero-order valence-corrected chi connectivity index (χ0v) is 12.1. The molecule has 0 spiro atoms. The minimum Gasteiger partial charge on any atom is -0.492 e. The molecule has 1 aliphatic heterocycles. The van der Waals surface area contributed by atoms with Crippen molar-refractivity contribution in [2.75, 3.05) is 20.2 Å². The smallest absolute Gasteiger partial charge is 0.176 e. The summed E-state index contributed by atoms with van der Waals surface area (Å²) in [6.45, 7) is 2.21. The summed E-state index contributed by atoms with van der Waals surface area (Å²) in [6, 6.07) is 3.98. The third-order valence-corrected chi connectivity index (χ3v) is 4.48. The lowest BCUT2D eigenvalue weighted by atomic mass is 9.90. The Bertz CT molecular complexity index is 713. The number of piperidine rings is 1. The Morgan fingerprint density at radius 2 is 2.00 bits per heavy atom. The highest BCUT2D eigenvalue weighted by Gasteiger charge is 2.22. The number of fused-ring (bicyclic) bond motifs is 2. The first kappa shape index (κ1) is 12.8. The second kappa shape index (κ2) is 5.11. The molecule has 1 fully saturated rings. The van der Waals surface area contributed by atoms with Crippen LogP contribution in [0.1, 0.15) is 18.4 Å². The highest BCUT2D eigenvalue weighted by Crippen LogP contribution is 2.40. The van der Waals surface area contributed by atoms with Crippen molar-refractivity contribution in [2.45, 2.75) is 19.3 Å². The third-order valence-electron chi connectivity index (χ3n) is 4.48. The molecule has 3 aromatic rings. The van der Waals surface area contributed by atoms with Gasteiger partial charge in [-0.25, -0.2) is 0 Å². The standard InChI is InChI=1S/C17H19NO3/c1-19-16-13-5-8-20-15(13)14(12-4-7-21-17(12)16)9-11-3-2-6-18-10-11/h4-5,7-8,11,18H,2-3,6,9-10H2,1H3. The number of ether oxygens (including phenoxy) is 1. The summed E-state index contributed by atoms with van der Waals surface area (Å²) >= 11 is 0. The van der Waals surface area contributed by atoms with E-state index in [9.17, 15) is 0 Å². The van der Waals surface area contributed by atoms with Crippen LogP contribution in [0.15, 0.2) is 33.5 Å². The van der Waals surface area contributed by atoms with E-state index in [2.05, 4.69) is 5.32 Å². The Balaban J connectivity index is 1.88. The van der Waals surface area contributed by atoms with Crippen LogP contribution >= 0.6 is 0 Å². The monoisotopic (exact) mass is 285 g/mol. The summed E-state index contributed by atoms with van der Waals surface area (Å²) in [6.07, 6.45) is 6.98. The molecule has 0 bridgehead atoms. The van der Waals surface area contributed by atoms with E-state index in [4.69, 9.17) is 13.6 Å². The third kappa shape index (κ3) is 2.02. The maximum atomic E-state index is 5.77. The predicted molar refractivity (Wildman–Crippen MR) is 81.8 cm³/mol. The van der Waals surface area contributed by atoms with Crippen LogP contribution in [0.5, 0.6) is 5.75 Å². The topological polar surface area (TPSA) is 47.5 Å². The maximum absolute atomic E-state index is 5.77. The van der Waals surface area contributed by atoms with E-state index in [1.54, 1.807) is 19.6 Å². The van der Waals surface area contributed by atoms with E-state index >= 15 is 0 Å². The molecular weight excluding hydrogens is 266 g/mol. The van der Waals surface area contributed by atoms with Crippen molar-refractivity contribution in [2.24, 2.45) is 5.92 Å². The van der Waals surface area contributed by atoms with E-state index < -0.39 is 0 Å². The molecule has 3 heterocycles. The average Bonchev–Trinajstić information content (AvgIpc) is 3.17. The Hall–Kier alpha value is -1.94. The van der Waals surface area contributed by atoms with Gasteiger partial charge in [-0.3, -0.25) is 0 Å². The molecule has 21 heavy (non-hydrogen) atoms. The van der Waals surface area contributed by atoms with Gasteiger partial charge in [0.15, 0.2) is 11.3 Å². The van der Waals surface area contributed by atoms with Crippen molar-refractivity contribution in [1.29, 1.82) is 0 Å². The lowest BCUT2D eigenvalue weighted by Crippen LogP contribution is -2.30. The average molecular weight is 285 g/mol. The molecule has 1 saturated heterocycles. The number of hydrogen-bond donors (Lipinski definition) is 1. The number of nitrogens with one attached hydrogen (secondary N) is 1. The van der Waals surface area contributed by atoms with Crippen LogP contribution in [-0.4, -0.2) is 20.2 Å². The second-order valence-electron chi connectivity index (χ2n) is 5.76. The van der Waals surface area contributed by atoms with Crippen LogP contribution in [0.2, 0.25) is 0 Å². The number of benzene rings is 1. The molecule has 1 aromatic carbocycles. The van der Waals surface area contributed by atoms with Gasteiger partial charge in [-0.15, -0.1) is 0 Å². The second-order valence-corrected chi connectivity index (χ2v) is 5.76. The van der Waals surface area contributed by atoms with Crippen LogP contribution in [0.4, 0.5) is 0 Å². The van der Waals surface area contributed by atoms with Gasteiger partial charge in [-0.1, -0.05) is 0 Å². The molecule has 0 amide bonds. The number of hydrogen-bond acceptors (Lipinski definition) is 4. The van der Waals surface area contributed by atoms with Crippen LogP contribution in [0, 0.1) is 5.92 Å². The largest absolute Gasteiger partial charge is 0.492 e. The van der Waals surface area contributed by atoms with Crippen molar-refractivity contribution >= 4 is 21.9 Å². The van der Waals surface area contributed by atoms with Gasteiger partial charge in [0, 0.05) is 10.9 Å². The lowest BCUT2D eigenvalue weighted by Gasteiger charge is -2.23. The van der Waals surface area contributed by atoms with Gasteiger partial charge in [-0.05, 0) is 50.4 Å². The Kier molecular flexibility index (Phi) is 3.11. The molecule has 1 atom stereocenters. The molecule has 0 saturated carbocycles. The van der Waals surface area contributed by atoms with E-state index in [0.717, 1.165) is 47.2 Å². The number of methoxy groups -OCH3 is 1. The van der Waals surface area contributed by atoms with Gasteiger partial charge in [0.05, 0.1) is 25.0 Å². The van der Waals surface area contributed by atoms with Crippen LogP contribution in [-0.2, 0) is 6.42 Å². The SMILES string of the molecule is COc1c2ccoc2c(CC2CCCNC2)c2ccoc12. The van der Waals surface area contributed by atoms with Gasteiger partial charge in [0.2, 0.25) is 0 Å². The van der Waals surface area contributed by atoms with E-state index in [-0.39, 0.29) is 0 Å². The number of furan rings is 2. The highest BCUT2D eigenvalue weighted by atomic mass is 16.5. The lowest BCUT2D eigenvalue weighted by molar-refractivity contribution is 0.376. The predicted octanol–water partition coefficient (Wildman–Crippen LogP) is 3.73. The quantitative estimate of drug-likeness (QED) is 0.796. The minimum atomic E-state index is 0.651.